The normalized spacial score (nSPS) is 11.4. The van der Waals surface area contributed by atoms with Gasteiger partial charge in [-0.05, 0) is 37.1 Å². The first-order chi connectivity index (χ1) is 12.2. The van der Waals surface area contributed by atoms with E-state index in [1.165, 1.54) is 17.0 Å². The van der Waals surface area contributed by atoms with Gasteiger partial charge in [0.2, 0.25) is 0 Å². The molecule has 0 aliphatic carbocycles. The lowest BCUT2D eigenvalue weighted by molar-refractivity contribution is 0.629. The minimum absolute atomic E-state index is 0. The maximum atomic E-state index is 13.2. The molecule has 0 atom stereocenters. The summed E-state index contributed by atoms with van der Waals surface area (Å²) < 4.78 is 13.2. The molecule has 0 amide bonds. The molecule has 1 aromatic carbocycles. The van der Waals surface area contributed by atoms with Crippen LogP contribution in [0.3, 0.4) is 0 Å². The van der Waals surface area contributed by atoms with E-state index in [-0.39, 0.29) is 29.8 Å². The monoisotopic (exact) mass is 487 g/mol. The third-order valence-corrected chi connectivity index (χ3v) is 4.91. The molecule has 26 heavy (non-hydrogen) atoms. The number of guanidine groups is 1. The summed E-state index contributed by atoms with van der Waals surface area (Å²) in [6.07, 6.45) is 5.55. The van der Waals surface area contributed by atoms with Crippen molar-refractivity contribution in [3.05, 3.63) is 51.9 Å². The van der Waals surface area contributed by atoms with E-state index in [1.807, 2.05) is 18.5 Å². The Morgan fingerprint density at radius 3 is 2.73 bits per heavy atom. The average molecular weight is 487 g/mol. The number of aliphatic imine (C=N–C) groups is 1. The van der Waals surface area contributed by atoms with Gasteiger partial charge in [-0.15, -0.1) is 35.3 Å². The van der Waals surface area contributed by atoms with E-state index in [0.717, 1.165) is 53.4 Å². The summed E-state index contributed by atoms with van der Waals surface area (Å²) in [5, 5.41) is 8.80. The summed E-state index contributed by atoms with van der Waals surface area (Å²) in [7, 11) is 1.76. The number of fused-ring (bicyclic) bond motifs is 1. The highest BCUT2D eigenvalue weighted by Gasteiger charge is 2.05. The Kier molecular flexibility index (Phi) is 7.83. The topological polar surface area (TPSA) is 65.1 Å². The molecule has 0 aliphatic heterocycles. The van der Waals surface area contributed by atoms with E-state index in [2.05, 4.69) is 32.5 Å². The van der Waals surface area contributed by atoms with Gasteiger partial charge in [0.25, 0.3) is 0 Å². The van der Waals surface area contributed by atoms with E-state index in [0.29, 0.717) is 0 Å². The molecule has 0 unspecified atom stereocenters. The molecule has 0 fully saturated rings. The lowest BCUT2D eigenvalue weighted by Crippen LogP contribution is -2.39. The van der Waals surface area contributed by atoms with Crippen LogP contribution in [0.5, 0.6) is 0 Å². The fraction of sp³-hybridized carbons (Fsp3) is 0.333. The molecule has 8 heteroatoms. The van der Waals surface area contributed by atoms with Gasteiger partial charge in [0.05, 0.1) is 5.01 Å². The largest absolute Gasteiger partial charge is 0.361 e. The molecule has 5 nitrogen and oxygen atoms in total. The summed E-state index contributed by atoms with van der Waals surface area (Å²) in [5.74, 6) is 0.554. The minimum atomic E-state index is -0.223. The molecule has 0 bridgehead atoms. The Hall–Kier alpha value is -1.68. The first kappa shape index (κ1) is 20.6. The number of hydrogen-bond donors (Lipinski definition) is 3. The van der Waals surface area contributed by atoms with Crippen molar-refractivity contribution in [2.45, 2.75) is 19.8 Å². The quantitative estimate of drug-likeness (QED) is 0.283. The highest BCUT2D eigenvalue weighted by atomic mass is 127. The minimum Gasteiger partial charge on any atom is -0.361 e. The molecular weight excluding hydrogens is 464 g/mol. The summed E-state index contributed by atoms with van der Waals surface area (Å²) in [4.78, 5) is 12.9. The van der Waals surface area contributed by atoms with Crippen LogP contribution in [0.15, 0.2) is 35.6 Å². The van der Waals surface area contributed by atoms with Gasteiger partial charge in [0, 0.05) is 54.7 Å². The van der Waals surface area contributed by atoms with Gasteiger partial charge in [-0.25, -0.2) is 9.37 Å². The third-order valence-electron chi connectivity index (χ3n) is 3.94. The van der Waals surface area contributed by atoms with E-state index in [9.17, 15) is 4.39 Å². The van der Waals surface area contributed by atoms with Crippen LogP contribution in [0, 0.1) is 12.7 Å². The second-order valence-corrected chi connectivity index (χ2v) is 7.11. The van der Waals surface area contributed by atoms with Crippen molar-refractivity contribution in [1.82, 2.24) is 20.6 Å². The number of benzene rings is 1. The molecule has 2 aromatic heterocycles. The maximum Gasteiger partial charge on any atom is 0.191 e. The van der Waals surface area contributed by atoms with Crippen molar-refractivity contribution in [1.29, 1.82) is 0 Å². The number of nitrogens with zero attached hydrogens (tertiary/aromatic N) is 2. The van der Waals surface area contributed by atoms with Gasteiger partial charge in [0.15, 0.2) is 5.96 Å². The predicted molar refractivity (Wildman–Crippen MR) is 117 cm³/mol. The summed E-state index contributed by atoms with van der Waals surface area (Å²) in [6.45, 7) is 3.60. The first-order valence-electron chi connectivity index (χ1n) is 8.27. The van der Waals surface area contributed by atoms with Gasteiger partial charge in [-0.1, -0.05) is 0 Å². The van der Waals surface area contributed by atoms with Gasteiger partial charge >= 0.3 is 0 Å². The van der Waals surface area contributed by atoms with Crippen LogP contribution in [0.1, 0.15) is 15.4 Å². The summed E-state index contributed by atoms with van der Waals surface area (Å²) in [6, 6.07) is 4.83. The SMILES string of the molecule is CN=C(NCCc1ncc(C)s1)NCCc1c[nH]c2cc(F)ccc12.I. The van der Waals surface area contributed by atoms with Gasteiger partial charge in [-0.2, -0.15) is 0 Å². The second-order valence-electron chi connectivity index (χ2n) is 5.79. The number of halogens is 2. The second kappa shape index (κ2) is 9.86. The van der Waals surface area contributed by atoms with Crippen molar-refractivity contribution in [2.75, 3.05) is 20.1 Å². The van der Waals surface area contributed by atoms with Gasteiger partial charge in [0.1, 0.15) is 5.82 Å². The van der Waals surface area contributed by atoms with Crippen molar-refractivity contribution >= 4 is 52.2 Å². The highest BCUT2D eigenvalue weighted by molar-refractivity contribution is 14.0. The Morgan fingerprint density at radius 1 is 1.27 bits per heavy atom. The van der Waals surface area contributed by atoms with Crippen LogP contribution in [-0.2, 0) is 12.8 Å². The van der Waals surface area contributed by atoms with Crippen molar-refractivity contribution in [2.24, 2.45) is 4.99 Å². The van der Waals surface area contributed by atoms with Gasteiger partial charge < -0.3 is 15.6 Å². The average Bonchev–Trinajstić information content (AvgIpc) is 3.19. The number of thiazole rings is 1. The van der Waals surface area contributed by atoms with Crippen LogP contribution in [0.25, 0.3) is 10.9 Å². The molecule has 0 saturated heterocycles. The first-order valence-corrected chi connectivity index (χ1v) is 9.08. The number of nitrogens with one attached hydrogen (secondary N) is 3. The Labute approximate surface area is 173 Å². The number of H-pyrrole nitrogens is 1. The van der Waals surface area contributed by atoms with Crippen LogP contribution < -0.4 is 10.6 Å². The van der Waals surface area contributed by atoms with E-state index in [4.69, 9.17) is 0 Å². The van der Waals surface area contributed by atoms with Crippen molar-refractivity contribution < 1.29 is 4.39 Å². The van der Waals surface area contributed by atoms with Crippen LogP contribution in [0.4, 0.5) is 4.39 Å². The number of rotatable bonds is 6. The highest BCUT2D eigenvalue weighted by Crippen LogP contribution is 2.19. The fourth-order valence-corrected chi connectivity index (χ4v) is 3.49. The lowest BCUT2D eigenvalue weighted by Gasteiger charge is -2.11. The summed E-state index contributed by atoms with van der Waals surface area (Å²) >= 11 is 1.72. The standard InChI is InChI=1S/C18H22FN5S.HI/c1-12-10-24-17(25-12)6-8-22-18(20-2)21-7-5-13-11-23-16-9-14(19)3-4-15(13)16;/h3-4,9-11,23H,5-8H2,1-2H3,(H2,20,21,22);1H. The maximum absolute atomic E-state index is 13.2. The molecule has 3 N–H and O–H groups in total. The molecule has 0 aliphatic rings. The molecular formula is C18H23FIN5S. The fourth-order valence-electron chi connectivity index (χ4n) is 2.71. The molecule has 3 rings (SSSR count). The Morgan fingerprint density at radius 2 is 2.04 bits per heavy atom. The number of aryl methyl sites for hydroxylation is 1. The zero-order chi connectivity index (χ0) is 17.6. The van der Waals surface area contributed by atoms with Crippen molar-refractivity contribution in [3.8, 4) is 0 Å². The van der Waals surface area contributed by atoms with E-state index < -0.39 is 0 Å². The third kappa shape index (κ3) is 5.41. The molecule has 3 aromatic rings. The molecule has 0 radical (unpaired) electrons. The van der Waals surface area contributed by atoms with Gasteiger partial charge in [-0.3, -0.25) is 4.99 Å². The summed E-state index contributed by atoms with van der Waals surface area (Å²) in [5.41, 5.74) is 1.99. The van der Waals surface area contributed by atoms with E-state index in [1.54, 1.807) is 18.4 Å². The van der Waals surface area contributed by atoms with Crippen LogP contribution in [0.2, 0.25) is 0 Å². The molecule has 2 heterocycles. The molecule has 0 spiro atoms. The predicted octanol–water partition coefficient (Wildman–Crippen LogP) is 3.64. The Balaban J connectivity index is 0.00000243. The van der Waals surface area contributed by atoms with Crippen LogP contribution >= 0.6 is 35.3 Å². The van der Waals surface area contributed by atoms with Crippen molar-refractivity contribution in [3.63, 3.8) is 0 Å². The smallest absolute Gasteiger partial charge is 0.191 e. The zero-order valence-electron chi connectivity index (χ0n) is 14.8. The number of hydrogen-bond acceptors (Lipinski definition) is 3. The van der Waals surface area contributed by atoms with Crippen LogP contribution in [-0.4, -0.2) is 36.1 Å². The molecule has 0 saturated carbocycles. The van der Waals surface area contributed by atoms with E-state index >= 15 is 0 Å². The number of aromatic nitrogens is 2. The number of aromatic amines is 1. The zero-order valence-corrected chi connectivity index (χ0v) is 18.0. The Bertz CT molecular complexity index is 873. The molecule has 140 valence electrons. The lowest BCUT2D eigenvalue weighted by atomic mass is 10.1.